The third-order valence-corrected chi connectivity index (χ3v) is 3.57. The first-order valence-corrected chi connectivity index (χ1v) is 7.59. The van der Waals surface area contributed by atoms with Crippen molar-refractivity contribution in [1.82, 2.24) is 4.90 Å². The lowest BCUT2D eigenvalue weighted by Crippen LogP contribution is -2.35. The molecule has 0 aromatic heterocycles. The Morgan fingerprint density at radius 2 is 2.08 bits per heavy atom. The van der Waals surface area contributed by atoms with Crippen LogP contribution in [0.25, 0.3) is 5.53 Å². The predicted octanol–water partition coefficient (Wildman–Crippen LogP) is 1.07. The van der Waals surface area contributed by atoms with Crippen LogP contribution < -0.4 is 0 Å². The van der Waals surface area contributed by atoms with Crippen molar-refractivity contribution in [2.45, 2.75) is 13.5 Å². The van der Waals surface area contributed by atoms with Crippen LogP contribution >= 0.6 is 0 Å². The maximum Gasteiger partial charge on any atom is 0.446 e. The molecule has 1 saturated heterocycles. The maximum absolute atomic E-state index is 14.0. The third-order valence-electron chi connectivity index (χ3n) is 3.57. The van der Waals surface area contributed by atoms with Crippen molar-refractivity contribution >= 4 is 17.5 Å². The number of hydrogen-bond acceptors (Lipinski definition) is 5. The first-order chi connectivity index (χ1) is 11.6. The third kappa shape index (κ3) is 4.32. The molecule has 24 heavy (non-hydrogen) atoms. The number of carbonyl (C=O) groups is 2. The molecule has 0 N–H and O–H groups in total. The fourth-order valence-corrected chi connectivity index (χ4v) is 2.37. The summed E-state index contributed by atoms with van der Waals surface area (Å²) in [5.74, 6) is -2.91. The summed E-state index contributed by atoms with van der Waals surface area (Å²) < 4.78 is 23.9. The Hall–Kier alpha value is -2.41. The number of halogens is 1. The van der Waals surface area contributed by atoms with Gasteiger partial charge in [-0.05, 0) is 24.6 Å². The summed E-state index contributed by atoms with van der Waals surface area (Å²) in [6.07, 6.45) is 0. The van der Waals surface area contributed by atoms with E-state index in [9.17, 15) is 14.0 Å². The molecule has 0 atom stereocenters. The molecule has 0 unspecified atom stereocenters. The maximum atomic E-state index is 14.0. The normalized spacial score (nSPS) is 14.8. The average Bonchev–Trinajstić information content (AvgIpc) is 2.58. The van der Waals surface area contributed by atoms with E-state index in [0.29, 0.717) is 25.3 Å². The van der Waals surface area contributed by atoms with Gasteiger partial charge in [0.1, 0.15) is 5.82 Å². The van der Waals surface area contributed by atoms with Gasteiger partial charge in [0.25, 0.3) is 5.78 Å². The SMILES string of the molecule is CCOC(=O)C(=[N+]=[N-])C(=O)c1cc(CN2CCOCC2)ccc1F. The molecule has 8 heteroatoms. The molecule has 0 bridgehead atoms. The lowest BCUT2D eigenvalue weighted by molar-refractivity contribution is -0.139. The zero-order valence-corrected chi connectivity index (χ0v) is 13.3. The van der Waals surface area contributed by atoms with Crippen LogP contribution in [0.4, 0.5) is 4.39 Å². The van der Waals surface area contributed by atoms with Crippen molar-refractivity contribution < 1.29 is 28.2 Å². The van der Waals surface area contributed by atoms with Crippen LogP contribution in [0, 0.1) is 5.82 Å². The molecule has 1 aliphatic heterocycles. The molecule has 0 saturated carbocycles. The van der Waals surface area contributed by atoms with Gasteiger partial charge in [-0.1, -0.05) is 6.07 Å². The van der Waals surface area contributed by atoms with Crippen LogP contribution in [-0.2, 0) is 20.8 Å². The highest BCUT2D eigenvalue weighted by Crippen LogP contribution is 2.15. The van der Waals surface area contributed by atoms with E-state index in [-0.39, 0.29) is 12.2 Å². The molecule has 1 fully saturated rings. The van der Waals surface area contributed by atoms with E-state index in [0.717, 1.165) is 19.2 Å². The van der Waals surface area contributed by atoms with Gasteiger partial charge in [-0.3, -0.25) is 9.69 Å². The molecule has 0 aliphatic carbocycles. The summed E-state index contributed by atoms with van der Waals surface area (Å²) in [5, 5.41) is 0. The molecule has 7 nitrogen and oxygen atoms in total. The summed E-state index contributed by atoms with van der Waals surface area (Å²) in [7, 11) is 0. The molecule has 1 aromatic carbocycles. The number of nitrogens with zero attached hydrogens (tertiary/aromatic N) is 3. The van der Waals surface area contributed by atoms with Crippen LogP contribution in [0.3, 0.4) is 0 Å². The van der Waals surface area contributed by atoms with Gasteiger partial charge in [0, 0.05) is 19.6 Å². The number of ether oxygens (including phenoxy) is 2. The van der Waals surface area contributed by atoms with Crippen molar-refractivity contribution in [1.29, 1.82) is 0 Å². The molecule has 0 amide bonds. The minimum atomic E-state index is -1.09. The van der Waals surface area contributed by atoms with E-state index in [4.69, 9.17) is 10.3 Å². The molecule has 1 heterocycles. The fraction of sp³-hybridized carbons (Fsp3) is 0.438. The Kier molecular flexibility index (Phi) is 6.31. The van der Waals surface area contributed by atoms with Crippen LogP contribution in [0.1, 0.15) is 22.8 Å². The number of Topliss-reactive ketones (excluding diaryl/α,β-unsaturated/α-hetero) is 1. The summed E-state index contributed by atoms with van der Waals surface area (Å²) in [6, 6.07) is 4.09. The van der Waals surface area contributed by atoms with E-state index in [1.807, 2.05) is 0 Å². The second-order valence-electron chi connectivity index (χ2n) is 5.20. The summed E-state index contributed by atoms with van der Waals surface area (Å²) in [4.78, 5) is 28.7. The van der Waals surface area contributed by atoms with Gasteiger partial charge in [-0.15, -0.1) is 0 Å². The van der Waals surface area contributed by atoms with Crippen molar-refractivity contribution in [2.24, 2.45) is 0 Å². The van der Waals surface area contributed by atoms with Gasteiger partial charge in [0.05, 0.1) is 25.4 Å². The minimum absolute atomic E-state index is 0.00465. The van der Waals surface area contributed by atoms with Crippen molar-refractivity contribution in [3.8, 4) is 0 Å². The highest BCUT2D eigenvalue weighted by molar-refractivity contribution is 6.65. The zero-order chi connectivity index (χ0) is 17.5. The summed E-state index contributed by atoms with van der Waals surface area (Å²) in [6.45, 7) is 4.80. The smallest absolute Gasteiger partial charge is 0.446 e. The Morgan fingerprint density at radius 3 is 2.71 bits per heavy atom. The Labute approximate surface area is 138 Å². The van der Waals surface area contributed by atoms with Crippen LogP contribution in [0.15, 0.2) is 18.2 Å². The van der Waals surface area contributed by atoms with Gasteiger partial charge in [-0.25, -0.2) is 9.18 Å². The van der Waals surface area contributed by atoms with Gasteiger partial charge < -0.3 is 15.0 Å². The lowest BCUT2D eigenvalue weighted by Gasteiger charge is -2.26. The highest BCUT2D eigenvalue weighted by Gasteiger charge is 2.34. The van der Waals surface area contributed by atoms with E-state index in [1.165, 1.54) is 6.07 Å². The quantitative estimate of drug-likeness (QED) is 0.194. The van der Waals surface area contributed by atoms with E-state index >= 15 is 0 Å². The molecule has 128 valence electrons. The van der Waals surface area contributed by atoms with Gasteiger partial charge >= 0.3 is 11.7 Å². The largest absolute Gasteiger partial charge is 0.457 e. The minimum Gasteiger partial charge on any atom is -0.457 e. The Balaban J connectivity index is 2.22. The lowest BCUT2D eigenvalue weighted by atomic mass is 10.0. The molecular weight excluding hydrogens is 317 g/mol. The van der Waals surface area contributed by atoms with Crippen LogP contribution in [0.2, 0.25) is 0 Å². The van der Waals surface area contributed by atoms with E-state index in [1.54, 1.807) is 13.0 Å². The van der Waals surface area contributed by atoms with Crippen LogP contribution in [0.5, 0.6) is 0 Å². The molecule has 0 radical (unpaired) electrons. The number of hydrogen-bond donors (Lipinski definition) is 0. The first kappa shape index (κ1) is 17.9. The molecule has 1 aromatic rings. The number of ketones is 1. The fourth-order valence-electron chi connectivity index (χ4n) is 2.37. The second kappa shape index (κ2) is 8.44. The van der Waals surface area contributed by atoms with E-state index in [2.05, 4.69) is 14.4 Å². The zero-order valence-electron chi connectivity index (χ0n) is 13.3. The average molecular weight is 335 g/mol. The van der Waals surface area contributed by atoms with Gasteiger partial charge in [0.2, 0.25) is 0 Å². The van der Waals surface area contributed by atoms with Crippen molar-refractivity contribution in [3.05, 3.63) is 40.7 Å². The number of morpholine rings is 1. The number of rotatable bonds is 6. The Bertz CT molecular complexity index is 680. The molecular formula is C16H18FN3O4. The predicted molar refractivity (Wildman–Crippen MR) is 82.1 cm³/mol. The topological polar surface area (TPSA) is 92.2 Å². The number of carbonyl (C=O) groups excluding carboxylic acids is 2. The first-order valence-electron chi connectivity index (χ1n) is 7.59. The number of esters is 1. The van der Waals surface area contributed by atoms with Crippen molar-refractivity contribution in [3.63, 3.8) is 0 Å². The van der Waals surface area contributed by atoms with Crippen molar-refractivity contribution in [2.75, 3.05) is 32.9 Å². The standard InChI is InChI=1S/C16H18FN3O4/c1-2-24-16(22)14(19-18)15(21)12-9-11(3-4-13(12)17)10-20-5-7-23-8-6-20/h3-4,9H,2,5-8,10H2,1H3. The molecule has 1 aliphatic rings. The summed E-state index contributed by atoms with van der Waals surface area (Å²) in [5.41, 5.74) is 8.43. The molecule has 0 spiro atoms. The van der Waals surface area contributed by atoms with Gasteiger partial charge in [-0.2, -0.15) is 4.79 Å². The van der Waals surface area contributed by atoms with Crippen LogP contribution in [-0.4, -0.2) is 60.1 Å². The van der Waals surface area contributed by atoms with E-state index < -0.39 is 23.3 Å². The monoisotopic (exact) mass is 335 g/mol. The number of benzene rings is 1. The highest BCUT2D eigenvalue weighted by atomic mass is 19.1. The van der Waals surface area contributed by atoms with Gasteiger partial charge in [0.15, 0.2) is 0 Å². The molecule has 2 rings (SSSR count). The Morgan fingerprint density at radius 1 is 1.38 bits per heavy atom. The second-order valence-corrected chi connectivity index (χ2v) is 5.20. The summed E-state index contributed by atoms with van der Waals surface area (Å²) >= 11 is 0.